The molecule has 3 nitrogen and oxygen atoms in total. The van der Waals surface area contributed by atoms with E-state index >= 15 is 0 Å². The van der Waals surface area contributed by atoms with Crippen LogP contribution in [0, 0.1) is 0 Å². The second kappa shape index (κ2) is 6.70. The molecular formula is C17H28N2O. The van der Waals surface area contributed by atoms with Gasteiger partial charge in [-0.25, -0.2) is 0 Å². The minimum absolute atomic E-state index is 0.220. The van der Waals surface area contributed by atoms with E-state index < -0.39 is 0 Å². The number of ether oxygens (including phenoxy) is 1. The Balaban J connectivity index is 2.11. The topological polar surface area (TPSA) is 24.5 Å². The molecular weight excluding hydrogens is 248 g/mol. The summed E-state index contributed by atoms with van der Waals surface area (Å²) < 4.78 is 5.47. The lowest BCUT2D eigenvalue weighted by Crippen LogP contribution is -2.61. The third kappa shape index (κ3) is 3.40. The highest BCUT2D eigenvalue weighted by Gasteiger charge is 2.37. The van der Waals surface area contributed by atoms with Crippen molar-refractivity contribution >= 4 is 0 Å². The molecule has 112 valence electrons. The van der Waals surface area contributed by atoms with Gasteiger partial charge in [-0.05, 0) is 25.8 Å². The Morgan fingerprint density at radius 2 is 2.10 bits per heavy atom. The molecule has 1 fully saturated rings. The van der Waals surface area contributed by atoms with Gasteiger partial charge in [0.15, 0.2) is 0 Å². The summed E-state index contributed by atoms with van der Waals surface area (Å²) in [5, 5.41) is 3.72. The third-order valence-electron chi connectivity index (χ3n) is 4.74. The molecule has 2 rings (SSSR count). The average molecular weight is 276 g/mol. The van der Waals surface area contributed by atoms with Crippen LogP contribution in [0.15, 0.2) is 30.3 Å². The standard InChI is InChI=1S/C17H28N2O/c1-5-17(3)13-18-16(15-9-7-6-8-10-15)12-19(17)11-14(2)20-4/h6-10,14,16,18H,5,11-13H2,1-4H3. The van der Waals surface area contributed by atoms with Gasteiger partial charge < -0.3 is 10.1 Å². The van der Waals surface area contributed by atoms with Crippen molar-refractivity contribution in [1.82, 2.24) is 10.2 Å². The predicted octanol–water partition coefficient (Wildman–Crippen LogP) is 2.84. The third-order valence-corrected chi connectivity index (χ3v) is 4.74. The average Bonchev–Trinajstić information content (AvgIpc) is 2.50. The van der Waals surface area contributed by atoms with E-state index in [1.165, 1.54) is 5.56 Å². The van der Waals surface area contributed by atoms with Crippen LogP contribution in [-0.4, -0.2) is 43.3 Å². The lowest BCUT2D eigenvalue weighted by Gasteiger charge is -2.48. The molecule has 0 radical (unpaired) electrons. The van der Waals surface area contributed by atoms with E-state index in [9.17, 15) is 0 Å². The SMILES string of the molecule is CCC1(C)CNC(c2ccccc2)CN1CC(C)OC. The molecule has 0 spiro atoms. The van der Waals surface area contributed by atoms with Gasteiger partial charge in [0.1, 0.15) is 0 Å². The fourth-order valence-corrected chi connectivity index (χ4v) is 2.90. The Kier molecular flexibility index (Phi) is 5.19. The summed E-state index contributed by atoms with van der Waals surface area (Å²) in [6.45, 7) is 9.83. The molecule has 0 bridgehead atoms. The highest BCUT2D eigenvalue weighted by molar-refractivity contribution is 5.20. The quantitative estimate of drug-likeness (QED) is 0.895. The van der Waals surface area contributed by atoms with Gasteiger partial charge in [-0.15, -0.1) is 0 Å². The molecule has 1 aliphatic heterocycles. The van der Waals surface area contributed by atoms with E-state index in [0.717, 1.165) is 26.1 Å². The van der Waals surface area contributed by atoms with Gasteiger partial charge in [-0.3, -0.25) is 4.90 Å². The van der Waals surface area contributed by atoms with E-state index in [1.54, 1.807) is 7.11 Å². The van der Waals surface area contributed by atoms with Crippen LogP contribution < -0.4 is 5.32 Å². The Hall–Kier alpha value is -0.900. The van der Waals surface area contributed by atoms with Crippen molar-refractivity contribution in [3.63, 3.8) is 0 Å². The molecule has 1 aromatic carbocycles. The lowest BCUT2D eigenvalue weighted by atomic mass is 9.90. The van der Waals surface area contributed by atoms with Gasteiger partial charge in [0.25, 0.3) is 0 Å². The van der Waals surface area contributed by atoms with Crippen LogP contribution in [0.3, 0.4) is 0 Å². The maximum atomic E-state index is 5.47. The molecule has 1 N–H and O–H groups in total. The van der Waals surface area contributed by atoms with E-state index in [1.807, 2.05) is 0 Å². The summed E-state index contributed by atoms with van der Waals surface area (Å²) >= 11 is 0. The van der Waals surface area contributed by atoms with Crippen molar-refractivity contribution in [2.75, 3.05) is 26.7 Å². The first kappa shape index (κ1) is 15.5. The summed E-state index contributed by atoms with van der Waals surface area (Å²) in [7, 11) is 1.80. The fourth-order valence-electron chi connectivity index (χ4n) is 2.90. The number of piperazine rings is 1. The van der Waals surface area contributed by atoms with Crippen molar-refractivity contribution in [2.45, 2.75) is 44.9 Å². The van der Waals surface area contributed by atoms with Crippen LogP contribution in [0.5, 0.6) is 0 Å². The second-order valence-electron chi connectivity index (χ2n) is 6.15. The van der Waals surface area contributed by atoms with Crippen molar-refractivity contribution < 1.29 is 4.74 Å². The smallest absolute Gasteiger partial charge is 0.0670 e. The van der Waals surface area contributed by atoms with Crippen molar-refractivity contribution in [3.05, 3.63) is 35.9 Å². The summed E-state index contributed by atoms with van der Waals surface area (Å²) in [4.78, 5) is 2.59. The largest absolute Gasteiger partial charge is 0.380 e. The lowest BCUT2D eigenvalue weighted by molar-refractivity contribution is -0.00170. The maximum Gasteiger partial charge on any atom is 0.0670 e. The zero-order valence-electron chi connectivity index (χ0n) is 13.2. The van der Waals surface area contributed by atoms with Crippen LogP contribution >= 0.6 is 0 Å². The monoisotopic (exact) mass is 276 g/mol. The zero-order chi connectivity index (χ0) is 14.6. The highest BCUT2D eigenvalue weighted by Crippen LogP contribution is 2.28. The summed E-state index contributed by atoms with van der Waals surface area (Å²) in [5.74, 6) is 0. The summed E-state index contributed by atoms with van der Waals surface area (Å²) in [5.41, 5.74) is 1.60. The number of methoxy groups -OCH3 is 1. The zero-order valence-corrected chi connectivity index (χ0v) is 13.2. The number of rotatable bonds is 5. The first-order chi connectivity index (χ1) is 9.59. The normalized spacial score (nSPS) is 29.3. The minimum atomic E-state index is 0.220. The fraction of sp³-hybridized carbons (Fsp3) is 0.647. The molecule has 0 aliphatic carbocycles. The molecule has 1 heterocycles. The molecule has 1 aromatic rings. The number of hydrogen-bond acceptors (Lipinski definition) is 3. The van der Waals surface area contributed by atoms with Crippen molar-refractivity contribution in [2.24, 2.45) is 0 Å². The molecule has 3 heteroatoms. The number of hydrogen-bond donors (Lipinski definition) is 1. The maximum absolute atomic E-state index is 5.47. The second-order valence-corrected chi connectivity index (χ2v) is 6.15. The molecule has 0 saturated carbocycles. The van der Waals surface area contributed by atoms with Crippen molar-refractivity contribution in [1.29, 1.82) is 0 Å². The molecule has 3 unspecified atom stereocenters. The van der Waals surface area contributed by atoms with Gasteiger partial charge in [0, 0.05) is 38.3 Å². The van der Waals surface area contributed by atoms with Gasteiger partial charge in [0.05, 0.1) is 6.10 Å². The molecule has 0 aromatic heterocycles. The van der Waals surface area contributed by atoms with Crippen LogP contribution in [-0.2, 0) is 4.74 Å². The summed E-state index contributed by atoms with van der Waals surface area (Å²) in [6, 6.07) is 11.2. The highest BCUT2D eigenvalue weighted by atomic mass is 16.5. The summed E-state index contributed by atoms with van der Waals surface area (Å²) in [6.07, 6.45) is 1.42. The minimum Gasteiger partial charge on any atom is -0.380 e. The Labute approximate surface area is 123 Å². The number of nitrogens with one attached hydrogen (secondary N) is 1. The van der Waals surface area contributed by atoms with E-state index in [4.69, 9.17) is 4.74 Å². The van der Waals surface area contributed by atoms with Gasteiger partial charge in [-0.1, -0.05) is 37.3 Å². The van der Waals surface area contributed by atoms with Crippen LogP contribution in [0.1, 0.15) is 38.8 Å². The van der Waals surface area contributed by atoms with Crippen molar-refractivity contribution in [3.8, 4) is 0 Å². The Morgan fingerprint density at radius 1 is 1.40 bits per heavy atom. The van der Waals surface area contributed by atoms with E-state index in [2.05, 4.69) is 61.3 Å². The van der Waals surface area contributed by atoms with Gasteiger partial charge in [0.2, 0.25) is 0 Å². The predicted molar refractivity (Wildman–Crippen MR) is 83.9 cm³/mol. The van der Waals surface area contributed by atoms with Gasteiger partial charge >= 0.3 is 0 Å². The number of nitrogens with zero attached hydrogens (tertiary/aromatic N) is 1. The molecule has 1 saturated heterocycles. The van der Waals surface area contributed by atoms with E-state index in [-0.39, 0.29) is 11.6 Å². The van der Waals surface area contributed by atoms with Crippen LogP contribution in [0.4, 0.5) is 0 Å². The molecule has 20 heavy (non-hydrogen) atoms. The first-order valence-electron chi connectivity index (χ1n) is 7.65. The molecule has 0 amide bonds. The Bertz CT molecular complexity index is 409. The first-order valence-corrected chi connectivity index (χ1v) is 7.65. The number of benzene rings is 1. The Morgan fingerprint density at radius 3 is 2.70 bits per heavy atom. The van der Waals surface area contributed by atoms with E-state index in [0.29, 0.717) is 6.04 Å². The molecule has 1 aliphatic rings. The molecule has 3 atom stereocenters. The van der Waals surface area contributed by atoms with Crippen LogP contribution in [0.2, 0.25) is 0 Å². The van der Waals surface area contributed by atoms with Gasteiger partial charge in [-0.2, -0.15) is 0 Å². The van der Waals surface area contributed by atoms with Crippen LogP contribution in [0.25, 0.3) is 0 Å².